The first-order valence-electron chi connectivity index (χ1n) is 7.69. The van der Waals surface area contributed by atoms with Crippen molar-refractivity contribution in [1.29, 1.82) is 0 Å². The number of benzene rings is 2. The highest BCUT2D eigenvalue weighted by Crippen LogP contribution is 2.33. The molecule has 0 spiro atoms. The largest absolute Gasteiger partial charge is 0.481 e. The van der Waals surface area contributed by atoms with Crippen molar-refractivity contribution in [3.05, 3.63) is 71.3 Å². The van der Waals surface area contributed by atoms with Crippen molar-refractivity contribution >= 4 is 18.4 Å². The highest BCUT2D eigenvalue weighted by molar-refractivity contribution is 5.85. The lowest BCUT2D eigenvalue weighted by molar-refractivity contribution is -0.141. The molecule has 4 heteroatoms. The van der Waals surface area contributed by atoms with Crippen LogP contribution in [0.5, 0.6) is 0 Å². The van der Waals surface area contributed by atoms with Gasteiger partial charge in [0.1, 0.15) is 0 Å². The smallest absolute Gasteiger partial charge is 0.308 e. The molecule has 1 aliphatic rings. The van der Waals surface area contributed by atoms with Crippen molar-refractivity contribution in [3.8, 4) is 0 Å². The van der Waals surface area contributed by atoms with Gasteiger partial charge in [0.2, 0.25) is 0 Å². The molecule has 3 nitrogen and oxygen atoms in total. The van der Waals surface area contributed by atoms with E-state index in [0.717, 1.165) is 18.7 Å². The van der Waals surface area contributed by atoms with Crippen LogP contribution in [0.1, 0.15) is 22.6 Å². The Balaban J connectivity index is 0.00000192. The summed E-state index contributed by atoms with van der Waals surface area (Å²) in [5, 5.41) is 9.56. The molecule has 1 saturated heterocycles. The zero-order valence-corrected chi connectivity index (χ0v) is 14.0. The summed E-state index contributed by atoms with van der Waals surface area (Å²) in [6.45, 7) is 4.28. The van der Waals surface area contributed by atoms with Gasteiger partial charge in [0, 0.05) is 25.6 Å². The molecule has 0 saturated carbocycles. The quantitative estimate of drug-likeness (QED) is 0.928. The van der Waals surface area contributed by atoms with Crippen LogP contribution < -0.4 is 0 Å². The molecule has 122 valence electrons. The van der Waals surface area contributed by atoms with Gasteiger partial charge in [-0.2, -0.15) is 0 Å². The summed E-state index contributed by atoms with van der Waals surface area (Å²) in [5.74, 6) is -0.950. The van der Waals surface area contributed by atoms with Gasteiger partial charge in [0.15, 0.2) is 0 Å². The van der Waals surface area contributed by atoms with Crippen LogP contribution in [0.4, 0.5) is 0 Å². The van der Waals surface area contributed by atoms with Crippen molar-refractivity contribution in [1.82, 2.24) is 4.90 Å². The second-order valence-electron chi connectivity index (χ2n) is 6.14. The van der Waals surface area contributed by atoms with E-state index in [4.69, 9.17) is 0 Å². The van der Waals surface area contributed by atoms with Crippen LogP contribution in [0.2, 0.25) is 0 Å². The summed E-state index contributed by atoms with van der Waals surface area (Å²) < 4.78 is 0. The topological polar surface area (TPSA) is 40.5 Å². The maximum Gasteiger partial charge on any atom is 0.308 e. The molecule has 2 aromatic carbocycles. The summed E-state index contributed by atoms with van der Waals surface area (Å²) in [4.78, 5) is 13.9. The first-order chi connectivity index (χ1) is 10.6. The van der Waals surface area contributed by atoms with Crippen LogP contribution >= 0.6 is 12.4 Å². The molecule has 1 aliphatic heterocycles. The standard InChI is InChI=1S/C19H21NO2.ClH/c1-14-7-9-16(10-8-14)17-12-20(13-18(17)19(21)22)11-15-5-3-2-4-6-15;/h2-10,17-18H,11-13H2,1H3,(H,21,22);1H. The molecule has 0 aromatic heterocycles. The molecule has 1 fully saturated rings. The van der Waals surface area contributed by atoms with Gasteiger partial charge < -0.3 is 5.11 Å². The third-order valence-corrected chi connectivity index (χ3v) is 4.47. The number of carboxylic acids is 1. The Hall–Kier alpha value is -1.84. The number of rotatable bonds is 4. The van der Waals surface area contributed by atoms with Gasteiger partial charge in [-0.15, -0.1) is 12.4 Å². The third kappa shape index (κ3) is 4.12. The summed E-state index contributed by atoms with van der Waals surface area (Å²) in [6.07, 6.45) is 0. The Morgan fingerprint density at radius 2 is 1.74 bits per heavy atom. The lowest BCUT2D eigenvalue weighted by Crippen LogP contribution is -2.23. The SMILES string of the molecule is Cc1ccc(C2CN(Cc3ccccc3)CC2C(=O)O)cc1.Cl. The number of likely N-dealkylation sites (tertiary alicyclic amines) is 1. The predicted octanol–water partition coefficient (Wildman–Crippen LogP) is 3.72. The monoisotopic (exact) mass is 331 g/mol. The van der Waals surface area contributed by atoms with E-state index in [1.165, 1.54) is 11.1 Å². The highest BCUT2D eigenvalue weighted by Gasteiger charge is 2.38. The number of halogens is 1. The summed E-state index contributed by atoms with van der Waals surface area (Å²) in [5.41, 5.74) is 3.57. The van der Waals surface area contributed by atoms with Gasteiger partial charge >= 0.3 is 5.97 Å². The van der Waals surface area contributed by atoms with Crippen molar-refractivity contribution in [2.75, 3.05) is 13.1 Å². The van der Waals surface area contributed by atoms with Crippen molar-refractivity contribution in [2.24, 2.45) is 5.92 Å². The Kier molecular flexibility index (Phi) is 5.80. The Labute approximate surface area is 143 Å². The first-order valence-corrected chi connectivity index (χ1v) is 7.69. The summed E-state index contributed by atoms with van der Waals surface area (Å²) in [6, 6.07) is 18.5. The molecular formula is C19H22ClNO2. The molecule has 0 radical (unpaired) electrons. The average Bonchev–Trinajstić information content (AvgIpc) is 2.93. The Morgan fingerprint density at radius 1 is 1.09 bits per heavy atom. The average molecular weight is 332 g/mol. The maximum atomic E-state index is 11.6. The zero-order valence-electron chi connectivity index (χ0n) is 13.2. The second-order valence-corrected chi connectivity index (χ2v) is 6.14. The van der Waals surface area contributed by atoms with E-state index in [-0.39, 0.29) is 24.2 Å². The number of hydrogen-bond donors (Lipinski definition) is 1. The molecule has 1 heterocycles. The molecule has 1 N–H and O–H groups in total. The van der Waals surface area contributed by atoms with Crippen LogP contribution in [0, 0.1) is 12.8 Å². The van der Waals surface area contributed by atoms with Gasteiger partial charge in [0.25, 0.3) is 0 Å². The zero-order chi connectivity index (χ0) is 15.5. The van der Waals surface area contributed by atoms with E-state index in [1.807, 2.05) is 18.2 Å². The Morgan fingerprint density at radius 3 is 2.35 bits per heavy atom. The maximum absolute atomic E-state index is 11.6. The minimum absolute atomic E-state index is 0. The van der Waals surface area contributed by atoms with Gasteiger partial charge in [-0.1, -0.05) is 60.2 Å². The number of hydrogen-bond acceptors (Lipinski definition) is 2. The number of nitrogens with zero attached hydrogens (tertiary/aromatic N) is 1. The molecule has 2 unspecified atom stereocenters. The fraction of sp³-hybridized carbons (Fsp3) is 0.316. The highest BCUT2D eigenvalue weighted by atomic mass is 35.5. The molecule has 0 aliphatic carbocycles. The van der Waals surface area contributed by atoms with Gasteiger partial charge in [-0.05, 0) is 18.1 Å². The minimum Gasteiger partial charge on any atom is -0.481 e. The first kappa shape index (κ1) is 17.5. The van der Waals surface area contributed by atoms with Crippen LogP contribution in [0.3, 0.4) is 0 Å². The molecule has 0 amide bonds. The third-order valence-electron chi connectivity index (χ3n) is 4.47. The summed E-state index contributed by atoms with van der Waals surface area (Å²) >= 11 is 0. The molecule has 2 atom stereocenters. The van der Waals surface area contributed by atoms with E-state index >= 15 is 0 Å². The number of carboxylic acid groups (broad SMARTS) is 1. The fourth-order valence-electron chi connectivity index (χ4n) is 3.26. The predicted molar refractivity (Wildman–Crippen MR) is 94.0 cm³/mol. The van der Waals surface area contributed by atoms with E-state index in [2.05, 4.69) is 48.2 Å². The normalized spacial score (nSPS) is 20.9. The van der Waals surface area contributed by atoms with E-state index in [1.54, 1.807) is 0 Å². The lowest BCUT2D eigenvalue weighted by Gasteiger charge is -2.16. The van der Waals surface area contributed by atoms with Crippen LogP contribution in [0.15, 0.2) is 54.6 Å². The fourth-order valence-corrected chi connectivity index (χ4v) is 3.26. The molecule has 23 heavy (non-hydrogen) atoms. The Bertz CT molecular complexity index is 642. The van der Waals surface area contributed by atoms with Crippen molar-refractivity contribution < 1.29 is 9.90 Å². The number of aryl methyl sites for hydroxylation is 1. The molecule has 0 bridgehead atoms. The summed E-state index contributed by atoms with van der Waals surface area (Å²) in [7, 11) is 0. The second kappa shape index (κ2) is 7.62. The van der Waals surface area contributed by atoms with Crippen LogP contribution in [-0.2, 0) is 11.3 Å². The molecule has 2 aromatic rings. The van der Waals surface area contributed by atoms with Gasteiger partial charge in [-0.3, -0.25) is 9.69 Å². The van der Waals surface area contributed by atoms with E-state index in [0.29, 0.717) is 6.54 Å². The number of carbonyl (C=O) groups is 1. The van der Waals surface area contributed by atoms with E-state index in [9.17, 15) is 9.90 Å². The van der Waals surface area contributed by atoms with Crippen molar-refractivity contribution in [3.63, 3.8) is 0 Å². The lowest BCUT2D eigenvalue weighted by atomic mass is 9.89. The van der Waals surface area contributed by atoms with Crippen LogP contribution in [0.25, 0.3) is 0 Å². The van der Waals surface area contributed by atoms with Gasteiger partial charge in [0.05, 0.1) is 5.92 Å². The van der Waals surface area contributed by atoms with Gasteiger partial charge in [-0.25, -0.2) is 0 Å². The van der Waals surface area contributed by atoms with Crippen LogP contribution in [-0.4, -0.2) is 29.1 Å². The molecular weight excluding hydrogens is 310 g/mol. The minimum atomic E-state index is -0.693. The van der Waals surface area contributed by atoms with Crippen molar-refractivity contribution in [2.45, 2.75) is 19.4 Å². The number of aliphatic carboxylic acids is 1. The van der Waals surface area contributed by atoms with E-state index < -0.39 is 5.97 Å². The molecule has 3 rings (SSSR count).